The molecule has 6 unspecified atom stereocenters. The van der Waals surface area contributed by atoms with E-state index in [4.69, 9.17) is 174 Å². The quantitative estimate of drug-likeness (QED) is 0.0170. The van der Waals surface area contributed by atoms with Crippen molar-refractivity contribution in [2.45, 2.75) is 42.4 Å². The molecule has 17 nitrogen and oxygen atoms in total. The summed E-state index contributed by atoms with van der Waals surface area (Å²) >= 11 is 83.4. The summed E-state index contributed by atoms with van der Waals surface area (Å²) in [5.41, 5.74) is 11.5. The summed E-state index contributed by atoms with van der Waals surface area (Å²) in [7, 11) is 11.8. The Hall–Kier alpha value is -2.18. The van der Waals surface area contributed by atoms with E-state index in [0.717, 1.165) is 158 Å². The van der Waals surface area contributed by atoms with Gasteiger partial charge in [0.25, 0.3) is 17.7 Å². The minimum absolute atomic E-state index is 0. The molecule has 124 heavy (non-hydrogen) atoms. The molecule has 10 heterocycles. The van der Waals surface area contributed by atoms with Crippen molar-refractivity contribution in [3.63, 3.8) is 0 Å². The Morgan fingerprint density at radius 2 is 0.847 bits per heavy atom. The molecule has 3 amide bonds. The molecule has 5 aromatic heterocycles. The summed E-state index contributed by atoms with van der Waals surface area (Å²) in [5, 5.41) is 33.0. The van der Waals surface area contributed by atoms with Crippen LogP contribution in [0.2, 0.25) is 50.2 Å². The number of morpholine rings is 2. The smallest absolute Gasteiger partial charge is 0 e. The fourth-order valence-electron chi connectivity index (χ4n) is 13.7. The van der Waals surface area contributed by atoms with Gasteiger partial charge < -0.3 is 44.9 Å². The molecule has 10 aromatic rings. The number of halogens is 18. The number of ether oxygens (including phenoxy) is 2. The standard InChI is InChI=1S/C20H20Cl2N2O2S.C16H12BrCl2NOS.2C13H8BrCl2NOS.C13H7BrCl2OS.C4H9NO.C3H5Br.3ClH.HO4P.Rh.H2/c1-2-5-24-12-15(13-3-4-16(21)17(22)10-13)14-11-18(27-19(14)20(24)25)23-6-8-26-9-7-23;1-2-5-20-8-11(9-3-4-12(18)13(19)6-9)10-7-14(17)22-15(10)16(20)21;14-11-4-7-8(5-17-13(18)12(7)19-11)6-1-2-9(15)10(16)3-6;14-12-5-8-7(4-11(17-18)13(8)19-12)6-1-2-9(15)10(16)3-6;14-12-5-8-7(4-11(17)13(8)18-12)6-1-2-9(15)10(16)3-6;1-3-6-4-2-5-1;1-2-3-4;;;;1-4-5(2)3;;/h2-4,10-11,15H,1,5-9,12H2;2-4,6-7,11H,1,5,8H2;1-4,8H,5H2,(H,17,18);1-3,5,7,18H,4H2;1-3,5,7H,4H2;5H,1-4H2;2H,1,3H2;3*1H;1H;;1H/q;;;;;;;;;;;+3;/p-3. The molecule has 0 saturated carbocycles. The van der Waals surface area contributed by atoms with Gasteiger partial charge in [0.2, 0.25) is 0 Å². The molecular formula is C82H72Br5Cl13N6O11PRhS5. The van der Waals surface area contributed by atoms with Gasteiger partial charge in [-0.2, -0.15) is 0 Å². The van der Waals surface area contributed by atoms with Crippen LogP contribution >= 0.6 is 290 Å². The Morgan fingerprint density at radius 3 is 1.22 bits per heavy atom. The average Bonchev–Trinajstić information content (AvgIpc) is 1.75. The number of benzene rings is 5. The molecular weight excluding hydrogens is 2400 g/mol. The SMILES string of the molecule is C1COCCN1.C=CCBr.C=CCN1CC(c2ccc(Cl)c(Cl)c2)c2cc(Br)sc2C1=O.C=CCN1CC(c2ccc(Cl)c(Cl)c2)c2cc(N3CCOCC3)sc2C1=O.O=C1CC(c2ccc(Cl)c(Cl)c2)c2cc(Br)sc21.O=C1NCC(c2ccc(Cl)c(Cl)c2)c2cc(Br)sc21.O=[P+]([O-])OO.ON=C1CC(c2ccc(Cl)c(Cl)c2)c2cc(Br)sc21.[Cl][Rh]([Cl])[Cl].[HH]. The first kappa shape index (κ1) is 106. The summed E-state index contributed by atoms with van der Waals surface area (Å²) in [6.45, 7) is 20.8. The summed E-state index contributed by atoms with van der Waals surface area (Å²) in [5.74, 6) is 0.864. The van der Waals surface area contributed by atoms with Gasteiger partial charge in [0.05, 0.1) is 127 Å². The first-order valence-corrected chi connectivity index (χ1v) is 56.1. The molecule has 5 aliphatic heterocycles. The van der Waals surface area contributed by atoms with Crippen LogP contribution in [0.4, 0.5) is 5.00 Å². The molecule has 0 spiro atoms. The third-order valence-electron chi connectivity index (χ3n) is 19.2. The molecule has 6 atom stereocenters. The van der Waals surface area contributed by atoms with Gasteiger partial charge in [-0.25, -0.2) is 5.26 Å². The molecule has 4 N–H and O–H groups in total. The fraction of sp³-hybridized carbons (Fsp3) is 0.256. The molecule has 5 aromatic carbocycles. The van der Waals surface area contributed by atoms with E-state index in [2.05, 4.69) is 137 Å². The zero-order chi connectivity index (χ0) is 90.3. The second-order valence-electron chi connectivity index (χ2n) is 26.8. The second kappa shape index (κ2) is 51.9. The second-order valence-corrected chi connectivity index (χ2v) is 50.3. The molecule has 42 heteroatoms. The Morgan fingerprint density at radius 1 is 0.508 bits per heavy atom. The number of nitrogens with one attached hydrogen (secondary N) is 2. The van der Waals surface area contributed by atoms with Crippen molar-refractivity contribution >= 4 is 324 Å². The van der Waals surface area contributed by atoms with Crippen LogP contribution in [0.5, 0.6) is 0 Å². The van der Waals surface area contributed by atoms with Crippen molar-refractivity contribution in [3.8, 4) is 0 Å². The number of hydrogen-bond acceptors (Lipinski definition) is 19. The number of anilines is 1. The Bertz CT molecular complexity index is 5510. The normalized spacial score (nSPS) is 18.1. The van der Waals surface area contributed by atoms with E-state index < -0.39 is 21.2 Å². The zero-order valence-corrected chi connectivity index (χ0v) is 88.5. The van der Waals surface area contributed by atoms with Gasteiger partial charge in [-0.3, -0.25) is 19.2 Å². The van der Waals surface area contributed by atoms with Crippen LogP contribution < -0.4 is 20.4 Å². The van der Waals surface area contributed by atoms with Crippen LogP contribution in [0.1, 0.15) is 143 Å². The average molecular weight is 2470 g/mol. The first-order chi connectivity index (χ1) is 59.2. The number of carbonyl (C=O) groups excluding carboxylic acids is 4. The summed E-state index contributed by atoms with van der Waals surface area (Å²) in [6.07, 6.45) is 6.51. The van der Waals surface area contributed by atoms with Gasteiger partial charge in [-0.05, 0) is 215 Å². The maximum atomic E-state index is 13.0. The van der Waals surface area contributed by atoms with E-state index in [-0.39, 0.29) is 54.5 Å². The minimum Gasteiger partial charge on any atom is 0 e. The Kier molecular flexibility index (Phi) is 44.2. The van der Waals surface area contributed by atoms with Crippen LogP contribution in [0.25, 0.3) is 0 Å². The number of rotatable bonds is 12. The van der Waals surface area contributed by atoms with Gasteiger partial charge in [0, 0.05) is 113 Å². The monoisotopic (exact) mass is 2460 g/mol. The van der Waals surface area contributed by atoms with Crippen LogP contribution in [0.3, 0.4) is 0 Å². The van der Waals surface area contributed by atoms with Gasteiger partial charge in [0.15, 0.2) is 5.78 Å². The van der Waals surface area contributed by atoms with Crippen LogP contribution in [-0.2, 0) is 31.7 Å². The molecule has 2 aliphatic carbocycles. The molecule has 0 bridgehead atoms. The van der Waals surface area contributed by atoms with Gasteiger partial charge in [-0.15, -0.1) is 76.4 Å². The minimum atomic E-state index is -3.04. The van der Waals surface area contributed by atoms with E-state index in [1.807, 2.05) is 94.7 Å². The van der Waals surface area contributed by atoms with E-state index in [9.17, 15) is 19.2 Å². The number of nitrogens with zero attached hydrogens (tertiary/aromatic N) is 4. The van der Waals surface area contributed by atoms with Crippen LogP contribution in [0, 0.1) is 0 Å². The maximum absolute atomic E-state index is 13.0. The third kappa shape index (κ3) is 29.2. The molecule has 2 saturated heterocycles. The molecule has 2 fully saturated rings. The van der Waals surface area contributed by atoms with Crippen molar-refractivity contribution in [2.75, 3.05) is 95.6 Å². The number of thiophene rings is 5. The van der Waals surface area contributed by atoms with Gasteiger partial charge >= 0.3 is 50.3 Å². The number of alkyl halides is 1. The van der Waals surface area contributed by atoms with Crippen LogP contribution in [-0.4, -0.2) is 140 Å². The van der Waals surface area contributed by atoms with E-state index >= 15 is 0 Å². The fourth-order valence-corrected chi connectivity index (χ4v) is 23.0. The van der Waals surface area contributed by atoms with Crippen molar-refractivity contribution in [1.82, 2.24) is 20.4 Å². The van der Waals surface area contributed by atoms with E-state index in [1.54, 1.807) is 65.2 Å². The number of oxime groups is 1. The molecule has 17 rings (SSSR count). The topological polar surface area (TPSA) is 223 Å². The number of carbonyl (C=O) groups is 4. The number of hydrogen-bond donors (Lipinski definition) is 4. The summed E-state index contributed by atoms with van der Waals surface area (Å²) < 4.78 is 26.0. The van der Waals surface area contributed by atoms with Crippen molar-refractivity contribution in [2.24, 2.45) is 5.16 Å². The van der Waals surface area contributed by atoms with Gasteiger partial charge in [0.1, 0.15) is 0 Å². The maximum Gasteiger partial charge on any atom is 0 e. The summed E-state index contributed by atoms with van der Waals surface area (Å²) in [4.78, 5) is 68.4. The summed E-state index contributed by atoms with van der Waals surface area (Å²) in [6, 6.07) is 38.5. The number of allylic oxidation sites excluding steroid dienone is 1. The third-order valence-corrected chi connectivity index (χ3v) is 31.4. The zero-order valence-electron chi connectivity index (χ0n) is 64.1. The predicted octanol–water partition coefficient (Wildman–Crippen LogP) is 29.0. The van der Waals surface area contributed by atoms with Crippen molar-refractivity contribution < 1.29 is 67.7 Å². The van der Waals surface area contributed by atoms with Crippen molar-refractivity contribution in [1.29, 1.82) is 0 Å². The first-order valence-electron chi connectivity index (χ1n) is 36.5. The van der Waals surface area contributed by atoms with E-state index in [1.165, 1.54) is 39.6 Å². The van der Waals surface area contributed by atoms with Crippen LogP contribution in [0.15, 0.2) is 180 Å². The van der Waals surface area contributed by atoms with E-state index in [0.29, 0.717) is 95.8 Å². The predicted molar refractivity (Wildman–Crippen MR) is 532 cm³/mol. The van der Waals surface area contributed by atoms with Gasteiger partial charge in [-0.1, -0.05) is 186 Å². The number of amides is 3. The molecule has 7 aliphatic rings. The molecule has 0 radical (unpaired) electrons. The number of Topliss-reactive ketones (excluding diaryl/α,β-unsaturated/α-hetero) is 1. The number of ketones is 1. The Balaban J connectivity index is 0.000000184. The largest absolute Gasteiger partial charge is 0 e. The molecule has 666 valence electrons. The number of fused-ring (bicyclic) bond motifs is 5. The van der Waals surface area contributed by atoms with Crippen molar-refractivity contribution in [3.05, 3.63) is 305 Å². The Labute approximate surface area is 849 Å².